The quantitative estimate of drug-likeness (QED) is 0.739. The summed E-state index contributed by atoms with van der Waals surface area (Å²) in [5.74, 6) is -0.514. The molecule has 0 atom stereocenters. The van der Waals surface area contributed by atoms with Crippen LogP contribution in [0.2, 0.25) is 0 Å². The maximum Gasteiger partial charge on any atom is 0.123 e. The van der Waals surface area contributed by atoms with E-state index >= 15 is 0 Å². The summed E-state index contributed by atoms with van der Waals surface area (Å²) in [6.07, 6.45) is 0.821. The second-order valence-corrected chi connectivity index (χ2v) is 6.03. The normalized spacial score (nSPS) is 11.6. The topological polar surface area (TPSA) is 3.24 Å². The Morgan fingerprint density at radius 2 is 1.41 bits per heavy atom. The van der Waals surface area contributed by atoms with Crippen LogP contribution in [0.1, 0.15) is 37.3 Å². The summed E-state index contributed by atoms with van der Waals surface area (Å²) in [6.45, 7) is 5.15. The Morgan fingerprint density at radius 3 is 1.82 bits per heavy atom. The molecule has 2 rings (SSSR count). The van der Waals surface area contributed by atoms with Crippen LogP contribution in [0, 0.1) is 11.6 Å². The van der Waals surface area contributed by atoms with E-state index in [-0.39, 0.29) is 17.6 Å². The molecule has 0 heterocycles. The Kier molecular flexibility index (Phi) is 5.67. The molecule has 0 amide bonds. The van der Waals surface area contributed by atoms with Crippen LogP contribution in [0.5, 0.6) is 0 Å². The zero-order chi connectivity index (χ0) is 16.1. The number of hydrogen-bond acceptors (Lipinski definition) is 1. The molecule has 0 fully saturated rings. The highest BCUT2D eigenvalue weighted by Crippen LogP contribution is 2.29. The van der Waals surface area contributed by atoms with Crippen LogP contribution >= 0.6 is 0 Å². The van der Waals surface area contributed by atoms with Gasteiger partial charge in [0, 0.05) is 12.0 Å². The molecule has 0 saturated carbocycles. The van der Waals surface area contributed by atoms with Crippen molar-refractivity contribution in [3.63, 3.8) is 0 Å². The number of nitrogens with zero attached hydrogens (tertiary/aromatic N) is 1. The van der Waals surface area contributed by atoms with Crippen LogP contribution in [-0.4, -0.2) is 24.5 Å². The minimum Gasteiger partial charge on any atom is -0.304 e. The number of rotatable bonds is 6. The molecule has 0 saturated heterocycles. The van der Waals surface area contributed by atoms with Gasteiger partial charge in [0.2, 0.25) is 0 Å². The van der Waals surface area contributed by atoms with E-state index in [0.29, 0.717) is 6.04 Å². The second-order valence-electron chi connectivity index (χ2n) is 6.03. The standard InChI is InChI=1S/C19H23F2N/c1-14(2)22(3)11-10-19(15-6-4-8-17(20)12-15)16-7-5-9-18(21)13-16/h4-9,12-14,19H,10-11H2,1-3H3. The van der Waals surface area contributed by atoms with Gasteiger partial charge in [0.25, 0.3) is 0 Å². The van der Waals surface area contributed by atoms with Crippen molar-refractivity contribution >= 4 is 0 Å². The highest BCUT2D eigenvalue weighted by atomic mass is 19.1. The SMILES string of the molecule is CC(C)N(C)CCC(c1cccc(F)c1)c1cccc(F)c1. The van der Waals surface area contributed by atoms with Crippen LogP contribution in [0.4, 0.5) is 8.78 Å². The third-order valence-corrected chi connectivity index (χ3v) is 4.15. The molecular weight excluding hydrogens is 280 g/mol. The molecule has 0 spiro atoms. The van der Waals surface area contributed by atoms with Crippen LogP contribution in [-0.2, 0) is 0 Å². The molecule has 0 aliphatic heterocycles. The Balaban J connectivity index is 2.28. The highest BCUT2D eigenvalue weighted by Gasteiger charge is 2.17. The number of hydrogen-bond donors (Lipinski definition) is 0. The Labute approximate surface area is 131 Å². The summed E-state index contributed by atoms with van der Waals surface area (Å²) in [7, 11) is 2.07. The van der Waals surface area contributed by atoms with Crippen molar-refractivity contribution in [3.8, 4) is 0 Å². The van der Waals surface area contributed by atoms with E-state index in [1.165, 1.54) is 12.1 Å². The minimum atomic E-state index is -0.254. The fourth-order valence-electron chi connectivity index (χ4n) is 2.56. The second kappa shape index (κ2) is 7.50. The van der Waals surface area contributed by atoms with Gasteiger partial charge in [-0.3, -0.25) is 0 Å². The van der Waals surface area contributed by atoms with E-state index in [0.717, 1.165) is 24.1 Å². The monoisotopic (exact) mass is 303 g/mol. The molecule has 118 valence electrons. The number of halogens is 2. The van der Waals surface area contributed by atoms with Crippen molar-refractivity contribution < 1.29 is 8.78 Å². The maximum atomic E-state index is 13.6. The third-order valence-electron chi connectivity index (χ3n) is 4.15. The van der Waals surface area contributed by atoms with E-state index in [1.807, 2.05) is 12.1 Å². The lowest BCUT2D eigenvalue weighted by molar-refractivity contribution is 0.266. The fourth-order valence-corrected chi connectivity index (χ4v) is 2.56. The van der Waals surface area contributed by atoms with Crippen LogP contribution < -0.4 is 0 Å². The minimum absolute atomic E-state index is 0.00685. The largest absolute Gasteiger partial charge is 0.304 e. The number of benzene rings is 2. The van der Waals surface area contributed by atoms with Crippen molar-refractivity contribution in [3.05, 3.63) is 71.3 Å². The molecule has 0 aromatic heterocycles. The third kappa shape index (κ3) is 4.38. The zero-order valence-electron chi connectivity index (χ0n) is 13.4. The van der Waals surface area contributed by atoms with Crippen LogP contribution in [0.25, 0.3) is 0 Å². The summed E-state index contributed by atoms with van der Waals surface area (Å²) < 4.78 is 27.1. The van der Waals surface area contributed by atoms with E-state index in [4.69, 9.17) is 0 Å². The Hall–Kier alpha value is -1.74. The average molecular weight is 303 g/mol. The molecular formula is C19H23F2N. The van der Waals surface area contributed by atoms with Gasteiger partial charge >= 0.3 is 0 Å². The van der Waals surface area contributed by atoms with Crippen molar-refractivity contribution in [2.24, 2.45) is 0 Å². The van der Waals surface area contributed by atoms with Crippen LogP contribution in [0.3, 0.4) is 0 Å². The lowest BCUT2D eigenvalue weighted by Crippen LogP contribution is -2.28. The van der Waals surface area contributed by atoms with E-state index in [2.05, 4.69) is 25.8 Å². The summed E-state index contributed by atoms with van der Waals surface area (Å²) >= 11 is 0. The summed E-state index contributed by atoms with van der Waals surface area (Å²) in [4.78, 5) is 2.24. The maximum absolute atomic E-state index is 13.6. The first kappa shape index (κ1) is 16.6. The van der Waals surface area contributed by atoms with Gasteiger partial charge in [-0.05, 0) is 69.3 Å². The van der Waals surface area contributed by atoms with Gasteiger partial charge < -0.3 is 4.90 Å². The van der Waals surface area contributed by atoms with Gasteiger partial charge in [-0.25, -0.2) is 8.78 Å². The molecule has 2 aromatic rings. The molecule has 0 N–H and O–H groups in total. The predicted molar refractivity (Wildman–Crippen MR) is 87.0 cm³/mol. The molecule has 0 aliphatic rings. The molecule has 1 nitrogen and oxygen atoms in total. The van der Waals surface area contributed by atoms with Gasteiger partial charge in [0.05, 0.1) is 0 Å². The van der Waals surface area contributed by atoms with Crippen molar-refractivity contribution in [1.82, 2.24) is 4.90 Å². The fraction of sp³-hybridized carbons (Fsp3) is 0.368. The molecule has 0 aliphatic carbocycles. The average Bonchev–Trinajstić information content (AvgIpc) is 2.47. The van der Waals surface area contributed by atoms with Crippen molar-refractivity contribution in [2.75, 3.05) is 13.6 Å². The van der Waals surface area contributed by atoms with Gasteiger partial charge in [-0.2, -0.15) is 0 Å². The lowest BCUT2D eigenvalue weighted by atomic mass is 9.88. The van der Waals surface area contributed by atoms with Gasteiger partial charge in [0.15, 0.2) is 0 Å². The van der Waals surface area contributed by atoms with Crippen LogP contribution in [0.15, 0.2) is 48.5 Å². The Bertz CT molecular complexity index is 564. The zero-order valence-corrected chi connectivity index (χ0v) is 13.4. The predicted octanol–water partition coefficient (Wildman–Crippen LogP) is 4.83. The first-order valence-corrected chi connectivity index (χ1v) is 7.68. The smallest absolute Gasteiger partial charge is 0.123 e. The Morgan fingerprint density at radius 1 is 0.909 bits per heavy atom. The van der Waals surface area contributed by atoms with Gasteiger partial charge in [-0.1, -0.05) is 24.3 Å². The first-order chi connectivity index (χ1) is 10.5. The van der Waals surface area contributed by atoms with Crippen molar-refractivity contribution in [2.45, 2.75) is 32.2 Å². The highest BCUT2D eigenvalue weighted by molar-refractivity contribution is 5.33. The molecule has 0 bridgehead atoms. The molecule has 0 unspecified atom stereocenters. The van der Waals surface area contributed by atoms with Crippen molar-refractivity contribution in [1.29, 1.82) is 0 Å². The van der Waals surface area contributed by atoms with E-state index < -0.39 is 0 Å². The summed E-state index contributed by atoms with van der Waals surface area (Å²) in [5, 5.41) is 0. The van der Waals surface area contributed by atoms with Gasteiger partial charge in [0.1, 0.15) is 11.6 Å². The molecule has 0 radical (unpaired) electrons. The van der Waals surface area contributed by atoms with E-state index in [1.54, 1.807) is 24.3 Å². The molecule has 22 heavy (non-hydrogen) atoms. The summed E-state index contributed by atoms with van der Waals surface area (Å²) in [5.41, 5.74) is 1.78. The first-order valence-electron chi connectivity index (χ1n) is 7.68. The van der Waals surface area contributed by atoms with Gasteiger partial charge in [-0.15, -0.1) is 0 Å². The molecule has 3 heteroatoms. The molecule has 2 aromatic carbocycles. The summed E-state index contributed by atoms with van der Waals surface area (Å²) in [6, 6.07) is 13.7. The van der Waals surface area contributed by atoms with E-state index in [9.17, 15) is 8.78 Å². The lowest BCUT2D eigenvalue weighted by Gasteiger charge is -2.25.